The van der Waals surface area contributed by atoms with Gasteiger partial charge in [0.05, 0.1) is 24.1 Å². The van der Waals surface area contributed by atoms with Gasteiger partial charge in [-0.2, -0.15) is 15.3 Å². The minimum absolute atomic E-state index is 0.546. The first-order valence-corrected chi connectivity index (χ1v) is 18.7. The molecule has 6 nitrogen and oxygen atoms in total. The molecule has 1 aromatic carbocycles. The smallest absolute Gasteiger partial charge is 0.0696 e. The first-order valence-electron chi connectivity index (χ1n) is 18.7. The van der Waals surface area contributed by atoms with Crippen molar-refractivity contribution in [3.63, 3.8) is 0 Å². The van der Waals surface area contributed by atoms with Crippen LogP contribution in [0.1, 0.15) is 169 Å². The van der Waals surface area contributed by atoms with Gasteiger partial charge in [0.15, 0.2) is 0 Å². The van der Waals surface area contributed by atoms with E-state index in [0.717, 1.165) is 6.54 Å². The maximum Gasteiger partial charge on any atom is 0.0696 e. The van der Waals surface area contributed by atoms with Crippen LogP contribution >= 0.6 is 0 Å². The summed E-state index contributed by atoms with van der Waals surface area (Å²) >= 11 is 0. The van der Waals surface area contributed by atoms with Gasteiger partial charge in [0, 0.05) is 30.2 Å². The van der Waals surface area contributed by atoms with E-state index in [-0.39, 0.29) is 0 Å². The van der Waals surface area contributed by atoms with E-state index in [4.69, 9.17) is 0 Å². The molecule has 270 valence electrons. The molecule has 5 aromatic rings. The Morgan fingerprint density at radius 3 is 1.58 bits per heavy atom. The molecule has 0 spiro atoms. The molecule has 0 saturated carbocycles. The number of aryl methyl sites for hydroxylation is 1. The molecule has 0 fully saturated rings. The number of pyridine rings is 1. The first-order chi connectivity index (χ1) is 23.2. The molecule has 0 atom stereocenters. The van der Waals surface area contributed by atoms with Gasteiger partial charge in [0.25, 0.3) is 0 Å². The van der Waals surface area contributed by atoms with Crippen molar-refractivity contribution in [2.45, 2.75) is 154 Å². The molecular weight excluding hydrogens is 589 g/mol. The van der Waals surface area contributed by atoms with E-state index in [0.29, 0.717) is 23.7 Å². The summed E-state index contributed by atoms with van der Waals surface area (Å²) in [7, 11) is 0. The molecule has 4 aromatic heterocycles. The number of hydrogen-bond donors (Lipinski definition) is 1. The van der Waals surface area contributed by atoms with Crippen molar-refractivity contribution < 1.29 is 0 Å². The second-order valence-electron chi connectivity index (χ2n) is 11.6. The Morgan fingerprint density at radius 2 is 1.12 bits per heavy atom. The van der Waals surface area contributed by atoms with Gasteiger partial charge in [-0.3, -0.25) is 9.78 Å². The average Bonchev–Trinajstić information content (AvgIpc) is 3.95. The number of aromatic amines is 1. The number of benzene rings is 1. The van der Waals surface area contributed by atoms with Crippen molar-refractivity contribution in [1.29, 1.82) is 0 Å². The molecule has 0 saturated heterocycles. The van der Waals surface area contributed by atoms with Crippen LogP contribution in [0.5, 0.6) is 0 Å². The van der Waals surface area contributed by atoms with Crippen LogP contribution in [-0.4, -0.2) is 29.6 Å². The third kappa shape index (κ3) is 16.4. The molecule has 5 heterocycles. The van der Waals surface area contributed by atoms with Gasteiger partial charge in [-0.15, -0.1) is 0 Å². The van der Waals surface area contributed by atoms with Crippen LogP contribution in [0.15, 0.2) is 79.5 Å². The number of hydrogen-bond acceptors (Lipinski definition) is 3. The minimum atomic E-state index is 0.546. The van der Waals surface area contributed by atoms with E-state index in [1.54, 1.807) is 0 Å². The Morgan fingerprint density at radius 1 is 0.583 bits per heavy atom. The summed E-state index contributed by atoms with van der Waals surface area (Å²) in [6.07, 6.45) is 12.2. The predicted molar refractivity (Wildman–Crippen MR) is 213 cm³/mol. The third-order valence-corrected chi connectivity index (χ3v) is 7.12. The number of nitrogens with one attached hydrogen (secondary N) is 1. The van der Waals surface area contributed by atoms with Crippen molar-refractivity contribution >= 4 is 5.52 Å². The van der Waals surface area contributed by atoms with Crippen LogP contribution in [0.2, 0.25) is 0 Å². The molecule has 6 rings (SSSR count). The van der Waals surface area contributed by atoms with Gasteiger partial charge in [-0.25, -0.2) is 4.52 Å². The molecule has 1 aliphatic rings. The SMILES string of the molecule is CC.CC.CC.CC.CC(C)c1ccccc1.CC(C)c1cn[nH]c1.CC(C)c1cnn2c1CCC2.CC(C)c1cnn2ccccc12. The van der Waals surface area contributed by atoms with Gasteiger partial charge < -0.3 is 0 Å². The third-order valence-electron chi connectivity index (χ3n) is 7.12. The van der Waals surface area contributed by atoms with Crippen molar-refractivity contribution in [3.8, 4) is 0 Å². The summed E-state index contributed by atoms with van der Waals surface area (Å²) < 4.78 is 4.06. The topological polar surface area (TPSA) is 63.8 Å². The van der Waals surface area contributed by atoms with Crippen LogP contribution in [0.3, 0.4) is 0 Å². The van der Waals surface area contributed by atoms with Crippen LogP contribution < -0.4 is 0 Å². The molecule has 0 radical (unpaired) electrons. The second-order valence-corrected chi connectivity index (χ2v) is 11.6. The highest BCUT2D eigenvalue weighted by molar-refractivity contribution is 5.54. The number of rotatable bonds is 4. The lowest BCUT2D eigenvalue weighted by molar-refractivity contribution is 0.656. The quantitative estimate of drug-likeness (QED) is 0.209. The highest BCUT2D eigenvalue weighted by Crippen LogP contribution is 2.24. The van der Waals surface area contributed by atoms with Gasteiger partial charge in [-0.05, 0) is 65.3 Å². The largest absolute Gasteiger partial charge is 0.285 e. The Balaban J connectivity index is 0. The Kier molecular flexibility index (Phi) is 27.4. The molecular formula is C42H72N6. The molecule has 0 amide bonds. The van der Waals surface area contributed by atoms with E-state index in [1.807, 2.05) is 109 Å². The summed E-state index contributed by atoms with van der Waals surface area (Å²) in [4.78, 5) is 0. The number of H-pyrrole nitrogens is 1. The summed E-state index contributed by atoms with van der Waals surface area (Å²) in [6, 6.07) is 16.7. The Hall–Kier alpha value is -3.67. The molecule has 48 heavy (non-hydrogen) atoms. The van der Waals surface area contributed by atoms with E-state index >= 15 is 0 Å². The Labute approximate surface area is 295 Å². The fraction of sp³-hybridized carbons (Fsp3) is 0.548. The number of nitrogens with zero attached hydrogens (tertiary/aromatic N) is 5. The molecule has 6 heteroatoms. The standard InChI is InChI=1S/C10H12N2.C9H14N2.C9H12.C6H10N2.4C2H6/c1-8(2)9-7-11-12-6-4-3-5-10(9)12;1-7(2)8-6-10-11-5-3-4-9(8)11;1-8(2)9-6-4-3-5-7-9;1-5(2)6-3-7-8-4-6;4*1-2/h3-8H,1-2H3;6-7H,3-5H2,1-2H3;3-8H,1-2H3;3-5H,1-2H3,(H,7,8);4*1-2H3. The average molecular weight is 661 g/mol. The first kappa shape index (κ1) is 46.4. The van der Waals surface area contributed by atoms with Crippen molar-refractivity contribution in [1.82, 2.24) is 29.6 Å². The highest BCUT2D eigenvalue weighted by Gasteiger charge is 2.17. The van der Waals surface area contributed by atoms with Crippen LogP contribution in [0, 0.1) is 0 Å². The maximum atomic E-state index is 4.33. The lowest BCUT2D eigenvalue weighted by Crippen LogP contribution is -1.95. The zero-order valence-corrected chi connectivity index (χ0v) is 33.7. The van der Waals surface area contributed by atoms with E-state index in [2.05, 4.69) is 111 Å². The van der Waals surface area contributed by atoms with Gasteiger partial charge in [0.2, 0.25) is 0 Å². The minimum Gasteiger partial charge on any atom is -0.285 e. The number of aromatic nitrogens is 6. The van der Waals surface area contributed by atoms with Crippen LogP contribution in [-0.2, 0) is 13.0 Å². The fourth-order valence-corrected chi connectivity index (χ4v) is 4.58. The van der Waals surface area contributed by atoms with Gasteiger partial charge in [0.1, 0.15) is 0 Å². The zero-order chi connectivity index (χ0) is 37.1. The summed E-state index contributed by atoms with van der Waals surface area (Å²) in [6.45, 7) is 34.7. The highest BCUT2D eigenvalue weighted by atomic mass is 15.3. The summed E-state index contributed by atoms with van der Waals surface area (Å²) in [5, 5.41) is 15.2. The predicted octanol–water partition coefficient (Wildman–Crippen LogP) is 12.9. The Bertz CT molecular complexity index is 1380. The van der Waals surface area contributed by atoms with Crippen LogP contribution in [0.4, 0.5) is 0 Å². The van der Waals surface area contributed by atoms with Crippen molar-refractivity contribution in [2.24, 2.45) is 0 Å². The van der Waals surface area contributed by atoms with Gasteiger partial charge in [-0.1, -0.05) is 147 Å². The zero-order valence-electron chi connectivity index (χ0n) is 33.7. The lowest BCUT2D eigenvalue weighted by atomic mass is 10.0. The fourth-order valence-electron chi connectivity index (χ4n) is 4.58. The molecule has 1 N–H and O–H groups in total. The van der Waals surface area contributed by atoms with E-state index in [9.17, 15) is 0 Å². The molecule has 0 aliphatic carbocycles. The van der Waals surface area contributed by atoms with E-state index in [1.165, 1.54) is 46.3 Å². The van der Waals surface area contributed by atoms with Crippen molar-refractivity contribution in [2.75, 3.05) is 0 Å². The molecule has 0 unspecified atom stereocenters. The van der Waals surface area contributed by atoms with Gasteiger partial charge >= 0.3 is 0 Å². The van der Waals surface area contributed by atoms with E-state index < -0.39 is 0 Å². The monoisotopic (exact) mass is 661 g/mol. The summed E-state index contributed by atoms with van der Waals surface area (Å²) in [5.41, 5.74) is 8.13. The maximum absolute atomic E-state index is 4.33. The molecule has 1 aliphatic heterocycles. The number of fused-ring (bicyclic) bond motifs is 2. The lowest BCUT2D eigenvalue weighted by Gasteiger charge is -2.02. The summed E-state index contributed by atoms with van der Waals surface area (Å²) in [5.74, 6) is 2.43. The van der Waals surface area contributed by atoms with Crippen molar-refractivity contribution in [3.05, 3.63) is 107 Å². The second kappa shape index (κ2) is 28.4. The van der Waals surface area contributed by atoms with Crippen LogP contribution in [0.25, 0.3) is 5.52 Å². The normalized spacial score (nSPS) is 10.6. The molecule has 0 bridgehead atoms.